The van der Waals surface area contributed by atoms with Crippen molar-refractivity contribution in [3.63, 3.8) is 0 Å². The fourth-order valence-corrected chi connectivity index (χ4v) is 4.17. The molecule has 0 saturated carbocycles. The Labute approximate surface area is 134 Å². The van der Waals surface area contributed by atoms with E-state index in [2.05, 4.69) is 79.3 Å². The van der Waals surface area contributed by atoms with Crippen LogP contribution in [0.5, 0.6) is 0 Å². The number of hydrogen-bond donors (Lipinski definition) is 1. The highest BCUT2D eigenvalue weighted by atomic mass is 79.9. The first-order valence-corrected chi connectivity index (χ1v) is 8.47. The van der Waals surface area contributed by atoms with E-state index in [9.17, 15) is 0 Å². The summed E-state index contributed by atoms with van der Waals surface area (Å²) in [6.45, 7) is 8.92. The molecule has 1 N–H and O–H groups in total. The zero-order valence-corrected chi connectivity index (χ0v) is 15.2. The van der Waals surface area contributed by atoms with Gasteiger partial charge in [0.15, 0.2) is 0 Å². The molecule has 20 heavy (non-hydrogen) atoms. The summed E-state index contributed by atoms with van der Waals surface area (Å²) >= 11 is 5.37. The van der Waals surface area contributed by atoms with E-state index >= 15 is 0 Å². The van der Waals surface area contributed by atoms with Gasteiger partial charge in [-0.1, -0.05) is 45.0 Å². The van der Waals surface area contributed by atoms with Gasteiger partial charge in [0, 0.05) is 4.88 Å². The third kappa shape index (κ3) is 3.33. The normalized spacial score (nSPS) is 13.5. The Morgan fingerprint density at radius 2 is 1.75 bits per heavy atom. The van der Waals surface area contributed by atoms with Crippen LogP contribution in [-0.4, -0.2) is 7.05 Å². The van der Waals surface area contributed by atoms with Gasteiger partial charge in [0.1, 0.15) is 0 Å². The molecule has 0 saturated heterocycles. The molecule has 3 heteroatoms. The molecule has 108 valence electrons. The second-order valence-electron chi connectivity index (χ2n) is 6.16. The lowest BCUT2D eigenvalue weighted by Crippen LogP contribution is -2.18. The summed E-state index contributed by atoms with van der Waals surface area (Å²) in [4.78, 5) is 1.36. The number of aryl methyl sites for hydroxylation is 1. The summed E-state index contributed by atoms with van der Waals surface area (Å²) in [5, 5.41) is 3.43. The average molecular weight is 352 g/mol. The molecule has 0 aliphatic rings. The highest BCUT2D eigenvalue weighted by Gasteiger charge is 2.18. The van der Waals surface area contributed by atoms with Crippen LogP contribution >= 0.6 is 27.3 Å². The third-order valence-electron chi connectivity index (χ3n) is 3.64. The summed E-state index contributed by atoms with van der Waals surface area (Å²) in [5.74, 6) is 0. The molecular formula is C17H22BrNS. The van der Waals surface area contributed by atoms with Crippen LogP contribution in [0.2, 0.25) is 0 Å². The molecule has 0 radical (unpaired) electrons. The van der Waals surface area contributed by atoms with E-state index in [1.807, 2.05) is 7.05 Å². The Kier molecular flexibility index (Phi) is 4.73. The predicted octanol–water partition coefficient (Wildman–Crippen LogP) is 5.43. The Hall–Kier alpha value is -0.640. The monoisotopic (exact) mass is 351 g/mol. The van der Waals surface area contributed by atoms with Gasteiger partial charge in [0.05, 0.1) is 9.83 Å². The molecule has 0 bridgehead atoms. The van der Waals surface area contributed by atoms with E-state index in [4.69, 9.17) is 0 Å². The Morgan fingerprint density at radius 3 is 2.15 bits per heavy atom. The van der Waals surface area contributed by atoms with Crippen LogP contribution in [0.3, 0.4) is 0 Å². The smallest absolute Gasteiger partial charge is 0.0704 e. The van der Waals surface area contributed by atoms with Crippen molar-refractivity contribution in [2.45, 2.75) is 39.2 Å². The van der Waals surface area contributed by atoms with Crippen molar-refractivity contribution in [2.75, 3.05) is 7.05 Å². The van der Waals surface area contributed by atoms with E-state index in [1.165, 1.54) is 25.4 Å². The molecule has 1 aromatic carbocycles. The summed E-state index contributed by atoms with van der Waals surface area (Å²) in [5.41, 5.74) is 4.25. The van der Waals surface area contributed by atoms with Crippen LogP contribution in [0.25, 0.3) is 0 Å². The Morgan fingerprint density at radius 1 is 1.15 bits per heavy atom. The molecular weight excluding hydrogens is 330 g/mol. The molecule has 0 aliphatic heterocycles. The van der Waals surface area contributed by atoms with Gasteiger partial charge in [-0.15, -0.1) is 11.3 Å². The molecule has 0 amide bonds. The Bertz CT molecular complexity index is 578. The van der Waals surface area contributed by atoms with Crippen LogP contribution in [-0.2, 0) is 5.41 Å². The summed E-state index contributed by atoms with van der Waals surface area (Å²) < 4.78 is 1.19. The molecule has 1 atom stereocenters. The predicted molar refractivity (Wildman–Crippen MR) is 92.8 cm³/mol. The second kappa shape index (κ2) is 6.00. The van der Waals surface area contributed by atoms with E-state index in [0.29, 0.717) is 0 Å². The summed E-state index contributed by atoms with van der Waals surface area (Å²) in [7, 11) is 2.02. The number of benzene rings is 1. The van der Waals surface area contributed by atoms with Crippen LogP contribution in [0, 0.1) is 6.92 Å². The fourth-order valence-electron chi connectivity index (χ4n) is 2.42. The summed E-state index contributed by atoms with van der Waals surface area (Å²) in [6.07, 6.45) is 0. The maximum absolute atomic E-state index is 3.58. The van der Waals surface area contributed by atoms with Gasteiger partial charge in [-0.25, -0.2) is 0 Å². The van der Waals surface area contributed by atoms with Crippen LogP contribution < -0.4 is 5.32 Å². The first-order chi connectivity index (χ1) is 9.32. The zero-order chi connectivity index (χ0) is 14.9. The number of thiophene rings is 1. The van der Waals surface area contributed by atoms with E-state index in [0.717, 1.165) is 0 Å². The van der Waals surface area contributed by atoms with Crippen molar-refractivity contribution < 1.29 is 0 Å². The number of nitrogens with one attached hydrogen (secondary N) is 1. The molecule has 1 unspecified atom stereocenters. The van der Waals surface area contributed by atoms with Crippen molar-refractivity contribution in [2.24, 2.45) is 0 Å². The number of halogens is 1. The molecule has 1 aromatic heterocycles. The largest absolute Gasteiger partial charge is 0.309 e. The minimum absolute atomic E-state index is 0.203. The fraction of sp³-hybridized carbons (Fsp3) is 0.412. The van der Waals surface area contributed by atoms with Gasteiger partial charge in [-0.05, 0) is 58.1 Å². The SMILES string of the molecule is CNC(c1ccc(C(C)(C)C)cc1)c1cc(Br)sc1C. The lowest BCUT2D eigenvalue weighted by Gasteiger charge is -2.21. The average Bonchev–Trinajstić information content (AvgIpc) is 2.69. The number of rotatable bonds is 3. The highest BCUT2D eigenvalue weighted by Crippen LogP contribution is 2.34. The van der Waals surface area contributed by atoms with E-state index < -0.39 is 0 Å². The number of hydrogen-bond acceptors (Lipinski definition) is 2. The zero-order valence-electron chi connectivity index (χ0n) is 12.8. The van der Waals surface area contributed by atoms with Gasteiger partial charge in [-0.2, -0.15) is 0 Å². The van der Waals surface area contributed by atoms with Gasteiger partial charge >= 0.3 is 0 Å². The first-order valence-electron chi connectivity index (χ1n) is 6.86. The van der Waals surface area contributed by atoms with Crippen LogP contribution in [0.15, 0.2) is 34.1 Å². The van der Waals surface area contributed by atoms with Crippen LogP contribution in [0.1, 0.15) is 48.4 Å². The standard InChI is InChI=1S/C17H22BrNS/c1-11-14(10-15(18)20-11)16(19-5)12-6-8-13(9-7-12)17(2,3)4/h6-10,16,19H,1-5H3. The highest BCUT2D eigenvalue weighted by molar-refractivity contribution is 9.11. The minimum atomic E-state index is 0.203. The topological polar surface area (TPSA) is 12.0 Å². The molecule has 2 aromatic rings. The lowest BCUT2D eigenvalue weighted by molar-refractivity contribution is 0.589. The van der Waals surface area contributed by atoms with Crippen molar-refractivity contribution in [1.82, 2.24) is 5.32 Å². The molecule has 1 heterocycles. The van der Waals surface area contributed by atoms with Crippen LogP contribution in [0.4, 0.5) is 0 Å². The van der Waals surface area contributed by atoms with Crippen molar-refractivity contribution in [3.8, 4) is 0 Å². The maximum atomic E-state index is 3.58. The maximum Gasteiger partial charge on any atom is 0.0704 e. The molecule has 1 nitrogen and oxygen atoms in total. The molecule has 2 rings (SSSR count). The minimum Gasteiger partial charge on any atom is -0.309 e. The van der Waals surface area contributed by atoms with Crippen molar-refractivity contribution in [3.05, 3.63) is 55.7 Å². The van der Waals surface area contributed by atoms with Gasteiger partial charge < -0.3 is 5.32 Å². The lowest BCUT2D eigenvalue weighted by atomic mass is 9.86. The van der Waals surface area contributed by atoms with Gasteiger partial charge in [0.2, 0.25) is 0 Å². The van der Waals surface area contributed by atoms with Crippen molar-refractivity contribution >= 4 is 27.3 Å². The van der Waals surface area contributed by atoms with Crippen molar-refractivity contribution in [1.29, 1.82) is 0 Å². The molecule has 0 spiro atoms. The Balaban J connectivity index is 2.35. The second-order valence-corrected chi connectivity index (χ2v) is 8.79. The summed E-state index contributed by atoms with van der Waals surface area (Å²) in [6, 6.07) is 11.5. The van der Waals surface area contributed by atoms with Gasteiger partial charge in [0.25, 0.3) is 0 Å². The first kappa shape index (κ1) is 15.7. The quantitative estimate of drug-likeness (QED) is 0.777. The molecule has 0 aliphatic carbocycles. The van der Waals surface area contributed by atoms with E-state index in [1.54, 1.807) is 11.3 Å². The van der Waals surface area contributed by atoms with E-state index in [-0.39, 0.29) is 11.5 Å². The molecule has 0 fully saturated rings. The van der Waals surface area contributed by atoms with Gasteiger partial charge in [-0.3, -0.25) is 0 Å². The third-order valence-corrected chi connectivity index (χ3v) is 5.21.